The summed E-state index contributed by atoms with van der Waals surface area (Å²) in [5.41, 5.74) is 1.31. The summed E-state index contributed by atoms with van der Waals surface area (Å²) in [6.07, 6.45) is 2.24. The lowest BCUT2D eigenvalue weighted by atomic mass is 9.68. The molecular weight excluding hydrogens is 628 g/mol. The molecule has 1 unspecified atom stereocenters. The van der Waals surface area contributed by atoms with E-state index in [1.807, 2.05) is 18.2 Å². The minimum absolute atomic E-state index is 0.0140. The Balaban J connectivity index is 1.82. The number of methoxy groups -OCH3 is 1. The molecule has 10 heteroatoms. The molecule has 0 N–H and O–H groups in total. The van der Waals surface area contributed by atoms with Crippen molar-refractivity contribution in [2.75, 3.05) is 27.1 Å². The van der Waals surface area contributed by atoms with Gasteiger partial charge in [0.1, 0.15) is 24.6 Å². The van der Waals surface area contributed by atoms with Crippen molar-refractivity contribution < 1.29 is 42.4 Å². The average molecular weight is 689 g/mol. The predicted octanol–water partition coefficient (Wildman–Crippen LogP) is 7.23. The number of hydrogen-bond donors (Lipinski definition) is 0. The monoisotopic (exact) mass is 688 g/mol. The number of hydrogen-bond acceptors (Lipinski definition) is 9. The van der Waals surface area contributed by atoms with Crippen molar-refractivity contribution in [3.63, 3.8) is 0 Å². The number of benzene rings is 1. The molecule has 1 heterocycles. The highest BCUT2D eigenvalue weighted by Crippen LogP contribution is 2.55. The Kier molecular flexibility index (Phi) is 12.4. The van der Waals surface area contributed by atoms with Gasteiger partial charge in [-0.05, 0) is 54.3 Å². The lowest BCUT2D eigenvalue weighted by Gasteiger charge is -2.55. The van der Waals surface area contributed by atoms with Crippen LogP contribution in [-0.2, 0) is 49.0 Å². The van der Waals surface area contributed by atoms with E-state index in [2.05, 4.69) is 72.8 Å². The number of ether oxygens (including phenoxy) is 6. The summed E-state index contributed by atoms with van der Waals surface area (Å²) in [5, 5.41) is 0.0834. The molecule has 1 saturated heterocycles. The molecule has 1 aliphatic heterocycles. The molecule has 2 bridgehead atoms. The maximum Gasteiger partial charge on any atom is 0.303 e. The average Bonchev–Trinajstić information content (AvgIpc) is 3.29. The highest BCUT2D eigenvalue weighted by Gasteiger charge is 2.61. The molecule has 0 radical (unpaired) electrons. The van der Waals surface area contributed by atoms with Crippen LogP contribution in [0.15, 0.2) is 42.0 Å². The van der Waals surface area contributed by atoms with E-state index < -0.39 is 44.2 Å². The standard InChI is InChI=1S/C38H60O9Si/c1-25-31(38(44-22-28-15-13-12-14-16-28)23-42-32(38)19-20-45-48(10,11)36(4,5)6)21-29-17-18-30(37(29,7)8)34(43-24-41-9)35(47-27(3)40)33(25)46-26(2)39/h12-16,21,25,30-35H,17-20,22-24H2,1-11H3/b29-21-/t25-,30-,31+,32-,33-,34-,35?,38-/m1/s1. The third-order valence-electron chi connectivity index (χ3n) is 11.6. The molecule has 1 aromatic carbocycles. The fraction of sp³-hybridized carbons (Fsp3) is 0.737. The first kappa shape index (κ1) is 38.7. The SMILES string of the molecule is COCO[C@H]1C(OC(C)=O)[C@H](OC(C)=O)[C@H](C)[C@@H]([C@]2(OCc3ccccc3)CO[C@@H]2CCO[Si](C)(C)C(C)(C)C)/C=C2/CC[C@H]1C2(C)C. The van der Waals surface area contributed by atoms with Gasteiger partial charge in [0.2, 0.25) is 0 Å². The van der Waals surface area contributed by atoms with Crippen LogP contribution in [0.5, 0.6) is 0 Å². The molecular formula is C38H60O9Si. The predicted molar refractivity (Wildman–Crippen MR) is 187 cm³/mol. The van der Waals surface area contributed by atoms with Crippen molar-refractivity contribution in [3.8, 4) is 0 Å². The summed E-state index contributed by atoms with van der Waals surface area (Å²) in [4.78, 5) is 25.5. The van der Waals surface area contributed by atoms with E-state index in [9.17, 15) is 9.59 Å². The lowest BCUT2D eigenvalue weighted by molar-refractivity contribution is -0.296. The van der Waals surface area contributed by atoms with Crippen LogP contribution in [0.2, 0.25) is 18.1 Å². The van der Waals surface area contributed by atoms with Crippen LogP contribution in [0, 0.1) is 23.2 Å². The molecule has 9 nitrogen and oxygen atoms in total. The molecule has 3 aliphatic rings. The first-order valence-corrected chi connectivity index (χ1v) is 20.4. The quantitative estimate of drug-likeness (QED) is 0.0920. The van der Waals surface area contributed by atoms with Crippen molar-refractivity contribution in [3.05, 3.63) is 47.5 Å². The molecule has 8 atom stereocenters. The van der Waals surface area contributed by atoms with Gasteiger partial charge in [-0.25, -0.2) is 0 Å². The van der Waals surface area contributed by atoms with Gasteiger partial charge in [-0.1, -0.05) is 83.5 Å². The summed E-state index contributed by atoms with van der Waals surface area (Å²) in [6.45, 7) is 21.9. The normalized spacial score (nSPS) is 33.0. The number of carbonyl (C=O) groups is 2. The van der Waals surface area contributed by atoms with Gasteiger partial charge in [0.25, 0.3) is 0 Å². The van der Waals surface area contributed by atoms with Crippen molar-refractivity contribution in [1.82, 2.24) is 0 Å². The Morgan fingerprint density at radius 2 is 1.65 bits per heavy atom. The molecule has 1 saturated carbocycles. The summed E-state index contributed by atoms with van der Waals surface area (Å²) < 4.78 is 44.1. The Morgan fingerprint density at radius 1 is 1.00 bits per heavy atom. The molecule has 4 rings (SSSR count). The Morgan fingerprint density at radius 3 is 2.21 bits per heavy atom. The highest BCUT2D eigenvalue weighted by molar-refractivity contribution is 6.74. The maximum atomic E-state index is 12.8. The third kappa shape index (κ3) is 8.27. The Labute approximate surface area is 289 Å². The van der Waals surface area contributed by atoms with Gasteiger partial charge < -0.3 is 32.8 Å². The molecule has 0 spiro atoms. The summed E-state index contributed by atoms with van der Waals surface area (Å²) in [7, 11) is -0.422. The van der Waals surface area contributed by atoms with Crippen LogP contribution >= 0.6 is 0 Å². The second-order valence-corrected chi connectivity index (χ2v) is 20.9. The molecule has 2 aliphatic carbocycles. The van der Waals surface area contributed by atoms with Gasteiger partial charge in [-0.15, -0.1) is 0 Å². The van der Waals surface area contributed by atoms with Crippen molar-refractivity contribution in [2.45, 2.75) is 129 Å². The highest BCUT2D eigenvalue weighted by atomic mass is 28.4. The lowest BCUT2D eigenvalue weighted by Crippen LogP contribution is -2.67. The van der Waals surface area contributed by atoms with E-state index in [0.717, 1.165) is 18.4 Å². The van der Waals surface area contributed by atoms with Gasteiger partial charge in [-0.2, -0.15) is 0 Å². The molecule has 48 heavy (non-hydrogen) atoms. The van der Waals surface area contributed by atoms with Crippen LogP contribution in [-0.4, -0.2) is 77.4 Å². The van der Waals surface area contributed by atoms with E-state index in [0.29, 0.717) is 26.2 Å². The summed E-state index contributed by atoms with van der Waals surface area (Å²) in [6, 6.07) is 10.2. The number of rotatable bonds is 13. The van der Waals surface area contributed by atoms with Crippen LogP contribution in [0.3, 0.4) is 0 Å². The maximum absolute atomic E-state index is 12.8. The smallest absolute Gasteiger partial charge is 0.303 e. The van der Waals surface area contributed by atoms with E-state index in [1.165, 1.54) is 19.4 Å². The van der Waals surface area contributed by atoms with E-state index in [-0.39, 0.29) is 41.1 Å². The minimum atomic E-state index is -1.99. The summed E-state index contributed by atoms with van der Waals surface area (Å²) >= 11 is 0. The van der Waals surface area contributed by atoms with Crippen molar-refractivity contribution in [2.24, 2.45) is 23.2 Å². The zero-order chi connectivity index (χ0) is 35.5. The third-order valence-corrected chi connectivity index (χ3v) is 16.1. The van der Waals surface area contributed by atoms with Crippen LogP contribution < -0.4 is 0 Å². The van der Waals surface area contributed by atoms with Crippen LogP contribution in [0.4, 0.5) is 0 Å². The van der Waals surface area contributed by atoms with Crippen molar-refractivity contribution in [1.29, 1.82) is 0 Å². The van der Waals surface area contributed by atoms with Crippen LogP contribution in [0.1, 0.15) is 80.2 Å². The van der Waals surface area contributed by atoms with E-state index in [1.54, 1.807) is 7.11 Å². The largest absolute Gasteiger partial charge is 0.458 e. The first-order valence-electron chi connectivity index (χ1n) is 17.5. The molecule has 0 aromatic heterocycles. The van der Waals surface area contributed by atoms with E-state index in [4.69, 9.17) is 32.8 Å². The number of esters is 2. The number of allylic oxidation sites excluding steroid dienone is 1. The second-order valence-electron chi connectivity index (χ2n) is 16.1. The fourth-order valence-electron chi connectivity index (χ4n) is 7.69. The Hall–Kier alpha value is -2.08. The zero-order valence-electron chi connectivity index (χ0n) is 31.1. The molecule has 2 fully saturated rings. The van der Waals surface area contributed by atoms with Gasteiger partial charge in [0.15, 0.2) is 14.4 Å². The summed E-state index contributed by atoms with van der Waals surface area (Å²) in [5.74, 6) is -1.51. The Bertz CT molecular complexity index is 1270. The molecule has 270 valence electrons. The zero-order valence-corrected chi connectivity index (χ0v) is 32.1. The topological polar surface area (TPSA) is 98.8 Å². The molecule has 1 aromatic rings. The van der Waals surface area contributed by atoms with Gasteiger partial charge in [-0.3, -0.25) is 9.59 Å². The van der Waals surface area contributed by atoms with Crippen LogP contribution in [0.25, 0.3) is 0 Å². The van der Waals surface area contributed by atoms with E-state index >= 15 is 0 Å². The van der Waals surface area contributed by atoms with Crippen molar-refractivity contribution >= 4 is 20.3 Å². The number of fused-ring (bicyclic) bond motifs is 2. The minimum Gasteiger partial charge on any atom is -0.458 e. The fourth-order valence-corrected chi connectivity index (χ4v) is 8.75. The van der Waals surface area contributed by atoms with Gasteiger partial charge >= 0.3 is 11.9 Å². The van der Waals surface area contributed by atoms with Gasteiger partial charge in [0, 0.05) is 39.4 Å². The first-order chi connectivity index (χ1) is 22.4. The number of carbonyl (C=O) groups excluding carboxylic acids is 2. The van der Waals surface area contributed by atoms with Gasteiger partial charge in [0.05, 0.1) is 19.3 Å². The molecule has 0 amide bonds. The second kappa shape index (κ2) is 15.4.